The normalized spacial score (nSPS) is 19.5. The molecular formula is C20H30N4O2. The van der Waals surface area contributed by atoms with Gasteiger partial charge in [-0.25, -0.2) is 4.79 Å². The summed E-state index contributed by atoms with van der Waals surface area (Å²) in [6, 6.07) is 8.16. The van der Waals surface area contributed by atoms with Gasteiger partial charge in [-0.05, 0) is 55.8 Å². The van der Waals surface area contributed by atoms with E-state index in [4.69, 9.17) is 0 Å². The molecule has 0 aromatic heterocycles. The monoisotopic (exact) mass is 358 g/mol. The van der Waals surface area contributed by atoms with Crippen molar-refractivity contribution in [3.8, 4) is 0 Å². The van der Waals surface area contributed by atoms with Gasteiger partial charge in [0.05, 0.1) is 0 Å². The molecule has 1 aromatic carbocycles. The Hall–Kier alpha value is -2.08. The summed E-state index contributed by atoms with van der Waals surface area (Å²) in [5, 5.41) is 9.23. The summed E-state index contributed by atoms with van der Waals surface area (Å²) in [5.74, 6) is 0.684. The van der Waals surface area contributed by atoms with Crippen molar-refractivity contribution in [3.63, 3.8) is 0 Å². The molecule has 1 fully saturated rings. The molecule has 1 unspecified atom stereocenters. The summed E-state index contributed by atoms with van der Waals surface area (Å²) >= 11 is 0. The third kappa shape index (κ3) is 5.46. The minimum Gasteiger partial charge on any atom is -0.356 e. The maximum Gasteiger partial charge on any atom is 0.317 e. The van der Waals surface area contributed by atoms with Crippen LogP contribution in [0.1, 0.15) is 36.8 Å². The average molecular weight is 358 g/mol. The number of fused-ring (bicyclic) bond motifs is 1. The Labute approximate surface area is 155 Å². The predicted molar refractivity (Wildman–Crippen MR) is 102 cm³/mol. The van der Waals surface area contributed by atoms with Crippen LogP contribution in [0.15, 0.2) is 24.3 Å². The predicted octanol–water partition coefficient (Wildman–Crippen LogP) is 1.65. The van der Waals surface area contributed by atoms with Crippen LogP contribution in [0, 0.1) is 5.92 Å². The summed E-state index contributed by atoms with van der Waals surface area (Å²) in [6.07, 6.45) is 4.72. The first-order valence-corrected chi connectivity index (χ1v) is 9.79. The molecule has 0 bridgehead atoms. The smallest absolute Gasteiger partial charge is 0.317 e. The molecule has 1 saturated heterocycles. The van der Waals surface area contributed by atoms with E-state index in [0.717, 1.165) is 39.0 Å². The maximum atomic E-state index is 12.3. The molecule has 2 aliphatic rings. The molecule has 0 spiro atoms. The SMILES string of the molecule is O=C(CCNC(=O)N1CCc2ccccc2C1)NCCC1CCCNC1. The Kier molecular flexibility index (Phi) is 6.89. The first kappa shape index (κ1) is 18.7. The van der Waals surface area contributed by atoms with Crippen LogP contribution in [0.5, 0.6) is 0 Å². The third-order valence-corrected chi connectivity index (χ3v) is 5.32. The van der Waals surface area contributed by atoms with Crippen molar-refractivity contribution in [3.05, 3.63) is 35.4 Å². The number of nitrogens with one attached hydrogen (secondary N) is 3. The number of hydrogen-bond donors (Lipinski definition) is 3. The summed E-state index contributed by atoms with van der Waals surface area (Å²) < 4.78 is 0. The zero-order valence-electron chi connectivity index (χ0n) is 15.4. The molecule has 2 aliphatic heterocycles. The first-order valence-electron chi connectivity index (χ1n) is 9.79. The van der Waals surface area contributed by atoms with E-state index in [9.17, 15) is 9.59 Å². The van der Waals surface area contributed by atoms with Crippen molar-refractivity contribution in [2.24, 2.45) is 5.92 Å². The van der Waals surface area contributed by atoms with Crippen molar-refractivity contribution < 1.29 is 9.59 Å². The number of hydrogen-bond acceptors (Lipinski definition) is 3. The number of piperidine rings is 1. The van der Waals surface area contributed by atoms with Crippen molar-refractivity contribution in [1.82, 2.24) is 20.9 Å². The largest absolute Gasteiger partial charge is 0.356 e. The lowest BCUT2D eigenvalue weighted by Crippen LogP contribution is -2.43. The van der Waals surface area contributed by atoms with Crippen LogP contribution in [-0.2, 0) is 17.8 Å². The molecule has 3 rings (SSSR count). The Morgan fingerprint density at radius 2 is 2.00 bits per heavy atom. The molecule has 3 amide bonds. The van der Waals surface area contributed by atoms with E-state index in [2.05, 4.69) is 28.1 Å². The Bertz CT molecular complexity index is 614. The van der Waals surface area contributed by atoms with E-state index in [1.54, 1.807) is 0 Å². The number of benzene rings is 1. The third-order valence-electron chi connectivity index (χ3n) is 5.32. The number of amides is 3. The van der Waals surface area contributed by atoms with E-state index in [-0.39, 0.29) is 11.9 Å². The van der Waals surface area contributed by atoms with Crippen LogP contribution in [0.4, 0.5) is 4.79 Å². The highest BCUT2D eigenvalue weighted by Crippen LogP contribution is 2.18. The van der Waals surface area contributed by atoms with Crippen LogP contribution in [0.25, 0.3) is 0 Å². The highest BCUT2D eigenvalue weighted by atomic mass is 16.2. The number of carbonyl (C=O) groups excluding carboxylic acids is 2. The van der Waals surface area contributed by atoms with Crippen molar-refractivity contribution in [2.75, 3.05) is 32.7 Å². The number of rotatable bonds is 6. The summed E-state index contributed by atoms with van der Waals surface area (Å²) in [4.78, 5) is 26.0. The molecule has 1 atom stereocenters. The second-order valence-electron chi connectivity index (χ2n) is 7.27. The minimum absolute atomic E-state index is 0.0121. The fraction of sp³-hybridized carbons (Fsp3) is 0.600. The molecule has 2 heterocycles. The highest BCUT2D eigenvalue weighted by Gasteiger charge is 2.20. The highest BCUT2D eigenvalue weighted by molar-refractivity contribution is 5.78. The van der Waals surface area contributed by atoms with Gasteiger partial charge < -0.3 is 20.9 Å². The molecule has 0 aliphatic carbocycles. The van der Waals surface area contributed by atoms with Gasteiger partial charge in [0.2, 0.25) is 5.91 Å². The molecule has 142 valence electrons. The van der Waals surface area contributed by atoms with Gasteiger partial charge in [-0.15, -0.1) is 0 Å². The maximum absolute atomic E-state index is 12.3. The molecular weight excluding hydrogens is 328 g/mol. The van der Waals surface area contributed by atoms with Crippen LogP contribution >= 0.6 is 0 Å². The van der Waals surface area contributed by atoms with Gasteiger partial charge in [0.15, 0.2) is 0 Å². The van der Waals surface area contributed by atoms with E-state index < -0.39 is 0 Å². The summed E-state index contributed by atoms with van der Waals surface area (Å²) in [5.41, 5.74) is 2.54. The second-order valence-corrected chi connectivity index (χ2v) is 7.27. The van der Waals surface area contributed by atoms with E-state index in [1.807, 2.05) is 17.0 Å². The van der Waals surface area contributed by atoms with Crippen LogP contribution in [0.2, 0.25) is 0 Å². The Balaban J connectivity index is 1.29. The number of nitrogens with zero attached hydrogens (tertiary/aromatic N) is 1. The second kappa shape index (κ2) is 9.57. The lowest BCUT2D eigenvalue weighted by atomic mass is 9.96. The lowest BCUT2D eigenvalue weighted by Gasteiger charge is -2.28. The molecule has 6 nitrogen and oxygen atoms in total. The zero-order valence-corrected chi connectivity index (χ0v) is 15.4. The molecule has 26 heavy (non-hydrogen) atoms. The van der Waals surface area contributed by atoms with Gasteiger partial charge in [0.25, 0.3) is 0 Å². The first-order chi connectivity index (χ1) is 12.7. The molecule has 0 radical (unpaired) electrons. The lowest BCUT2D eigenvalue weighted by molar-refractivity contribution is -0.121. The summed E-state index contributed by atoms with van der Waals surface area (Å²) in [7, 11) is 0. The summed E-state index contributed by atoms with van der Waals surface area (Å²) in [6.45, 7) is 4.65. The van der Waals surface area contributed by atoms with Crippen molar-refractivity contribution in [2.45, 2.75) is 38.6 Å². The topological polar surface area (TPSA) is 73.5 Å². The van der Waals surface area contributed by atoms with E-state index in [1.165, 1.54) is 24.0 Å². The van der Waals surface area contributed by atoms with Crippen LogP contribution in [-0.4, -0.2) is 49.6 Å². The average Bonchev–Trinajstić information content (AvgIpc) is 2.68. The molecule has 1 aromatic rings. The molecule has 6 heteroatoms. The zero-order chi connectivity index (χ0) is 18.2. The van der Waals surface area contributed by atoms with Crippen molar-refractivity contribution >= 4 is 11.9 Å². The fourth-order valence-electron chi connectivity index (χ4n) is 3.74. The standard InChI is InChI=1S/C20H30N4O2/c25-19(22-11-7-16-4-3-10-21-14-16)8-12-23-20(26)24-13-9-17-5-1-2-6-18(17)15-24/h1-2,5-6,16,21H,3-4,7-15H2,(H,22,25)(H,23,26). The van der Waals surface area contributed by atoms with E-state index >= 15 is 0 Å². The molecule has 3 N–H and O–H groups in total. The fourth-order valence-corrected chi connectivity index (χ4v) is 3.74. The van der Waals surface area contributed by atoms with Gasteiger partial charge in [-0.1, -0.05) is 24.3 Å². The van der Waals surface area contributed by atoms with Gasteiger partial charge in [0.1, 0.15) is 0 Å². The van der Waals surface area contributed by atoms with Gasteiger partial charge >= 0.3 is 6.03 Å². The van der Waals surface area contributed by atoms with Gasteiger partial charge in [-0.2, -0.15) is 0 Å². The number of urea groups is 1. The molecule has 0 saturated carbocycles. The Morgan fingerprint density at radius 3 is 2.81 bits per heavy atom. The number of carbonyl (C=O) groups is 2. The quantitative estimate of drug-likeness (QED) is 0.724. The van der Waals surface area contributed by atoms with E-state index in [0.29, 0.717) is 25.4 Å². The van der Waals surface area contributed by atoms with Gasteiger partial charge in [-0.3, -0.25) is 4.79 Å². The van der Waals surface area contributed by atoms with Crippen LogP contribution in [0.3, 0.4) is 0 Å². The minimum atomic E-state index is -0.0828. The van der Waals surface area contributed by atoms with Crippen molar-refractivity contribution in [1.29, 1.82) is 0 Å². The Morgan fingerprint density at radius 1 is 1.15 bits per heavy atom. The van der Waals surface area contributed by atoms with Crippen LogP contribution < -0.4 is 16.0 Å². The van der Waals surface area contributed by atoms with Gasteiger partial charge in [0, 0.05) is 32.6 Å².